The van der Waals surface area contributed by atoms with Gasteiger partial charge in [0.05, 0.1) is 0 Å². The molecule has 0 fully saturated rings. The number of nitrogens with one attached hydrogen (secondary N) is 1. The minimum absolute atomic E-state index is 0.619. The van der Waals surface area contributed by atoms with E-state index in [9.17, 15) is 0 Å². The highest BCUT2D eigenvalue weighted by Crippen LogP contribution is 2.10. The normalized spacial score (nSPS) is 8.82. The summed E-state index contributed by atoms with van der Waals surface area (Å²) in [5.41, 5.74) is 2.46. The summed E-state index contributed by atoms with van der Waals surface area (Å²) in [4.78, 5) is 3.93. The Balaban J connectivity index is 0.000000278. The predicted molar refractivity (Wildman–Crippen MR) is 73.0 cm³/mol. The molecule has 0 unspecified atom stereocenters. The maximum atomic E-state index is 3.93. The maximum absolute atomic E-state index is 3.93. The molecule has 3 heteroatoms. The molecule has 0 aromatic carbocycles. The zero-order valence-electron chi connectivity index (χ0n) is 11.4. The van der Waals surface area contributed by atoms with Crippen LogP contribution in [0.1, 0.15) is 44.9 Å². The van der Waals surface area contributed by atoms with Crippen LogP contribution in [-0.2, 0) is 0 Å². The van der Waals surface area contributed by atoms with Crippen LogP contribution in [0, 0.1) is 6.92 Å². The van der Waals surface area contributed by atoms with Gasteiger partial charge in [-0.2, -0.15) is 5.10 Å². The summed E-state index contributed by atoms with van der Waals surface area (Å²) in [5, 5.41) is 6.45. The molecule has 0 saturated heterocycles. The smallest absolute Gasteiger partial charge is 0.0489 e. The molecule has 0 aliphatic rings. The van der Waals surface area contributed by atoms with Gasteiger partial charge < -0.3 is 0 Å². The lowest BCUT2D eigenvalue weighted by molar-refractivity contribution is 0.863. The van der Waals surface area contributed by atoms with Gasteiger partial charge in [-0.05, 0) is 36.6 Å². The van der Waals surface area contributed by atoms with Crippen molar-refractivity contribution in [2.24, 2.45) is 0 Å². The molecule has 0 aliphatic heterocycles. The molecule has 2 aromatic rings. The van der Waals surface area contributed by atoms with E-state index in [4.69, 9.17) is 0 Å². The zero-order chi connectivity index (χ0) is 13.1. The second-order valence-electron chi connectivity index (χ2n) is 3.67. The molecule has 2 rings (SSSR count). The minimum atomic E-state index is 0.619. The third-order valence-electron chi connectivity index (χ3n) is 2.01. The van der Waals surface area contributed by atoms with Gasteiger partial charge in [0, 0.05) is 24.3 Å². The van der Waals surface area contributed by atoms with Gasteiger partial charge in [0.15, 0.2) is 0 Å². The Kier molecular flexibility index (Phi) is 8.65. The Morgan fingerprint density at radius 1 is 1.00 bits per heavy atom. The summed E-state index contributed by atoms with van der Waals surface area (Å²) in [7, 11) is 0. The number of rotatable bonds is 1. The average molecular weight is 233 g/mol. The second-order valence-corrected chi connectivity index (χ2v) is 3.67. The van der Waals surface area contributed by atoms with E-state index in [1.807, 2.05) is 51.4 Å². The van der Waals surface area contributed by atoms with Gasteiger partial charge >= 0.3 is 0 Å². The lowest BCUT2D eigenvalue weighted by Crippen LogP contribution is -1.85. The molecule has 0 saturated carbocycles. The molecule has 2 aromatic heterocycles. The first-order valence-electron chi connectivity index (χ1n) is 6.06. The van der Waals surface area contributed by atoms with Crippen molar-refractivity contribution in [3.8, 4) is 0 Å². The van der Waals surface area contributed by atoms with E-state index in [2.05, 4.69) is 29.0 Å². The first-order chi connectivity index (χ1) is 8.20. The summed E-state index contributed by atoms with van der Waals surface area (Å²) in [6.07, 6.45) is 5.39. The lowest BCUT2D eigenvalue weighted by Gasteiger charge is -2.01. The summed E-state index contributed by atoms with van der Waals surface area (Å²) in [6, 6.07) is 6.01. The monoisotopic (exact) mass is 233 g/mol. The van der Waals surface area contributed by atoms with E-state index < -0.39 is 0 Å². The summed E-state index contributed by atoms with van der Waals surface area (Å²) < 4.78 is 0. The molecule has 3 nitrogen and oxygen atoms in total. The molecule has 0 spiro atoms. The first kappa shape index (κ1) is 15.4. The molecule has 17 heavy (non-hydrogen) atoms. The third-order valence-corrected chi connectivity index (χ3v) is 2.01. The van der Waals surface area contributed by atoms with Crippen LogP contribution >= 0.6 is 0 Å². The molecular formula is C14H23N3. The number of aromatic nitrogens is 3. The van der Waals surface area contributed by atoms with Gasteiger partial charge in [-0.15, -0.1) is 0 Å². The number of pyridine rings is 1. The van der Waals surface area contributed by atoms with E-state index in [1.165, 1.54) is 5.56 Å². The number of aryl methyl sites for hydroxylation is 1. The van der Waals surface area contributed by atoms with Crippen molar-refractivity contribution >= 4 is 0 Å². The maximum Gasteiger partial charge on any atom is 0.0489 e. The summed E-state index contributed by atoms with van der Waals surface area (Å²) in [5.74, 6) is 0.619. The highest BCUT2D eigenvalue weighted by molar-refractivity contribution is 5.13. The fraction of sp³-hybridized carbons (Fsp3) is 0.429. The third kappa shape index (κ3) is 7.28. The highest BCUT2D eigenvalue weighted by Gasteiger charge is 1.93. The molecule has 1 N–H and O–H groups in total. The molecular weight excluding hydrogens is 210 g/mol. The number of hydrogen-bond donors (Lipinski definition) is 1. The first-order valence-corrected chi connectivity index (χ1v) is 6.06. The van der Waals surface area contributed by atoms with Crippen LogP contribution in [0.3, 0.4) is 0 Å². The van der Waals surface area contributed by atoms with Crippen LogP contribution in [0.5, 0.6) is 0 Å². The molecule has 2 heterocycles. The molecule has 0 bridgehead atoms. The Morgan fingerprint density at radius 3 is 1.82 bits per heavy atom. The van der Waals surface area contributed by atoms with Gasteiger partial charge in [0.1, 0.15) is 0 Å². The van der Waals surface area contributed by atoms with Crippen LogP contribution in [0.2, 0.25) is 0 Å². The summed E-state index contributed by atoms with van der Waals surface area (Å²) >= 11 is 0. The average Bonchev–Trinajstić information content (AvgIpc) is 2.85. The Hall–Kier alpha value is -1.64. The van der Waals surface area contributed by atoms with Crippen molar-refractivity contribution in [1.29, 1.82) is 0 Å². The van der Waals surface area contributed by atoms with E-state index in [-0.39, 0.29) is 0 Å². The fourth-order valence-electron chi connectivity index (χ4n) is 1.07. The predicted octanol–water partition coefficient (Wildman–Crippen LogP) is 3.95. The molecule has 0 aliphatic carbocycles. The lowest BCUT2D eigenvalue weighted by atomic mass is 10.1. The van der Waals surface area contributed by atoms with E-state index in [0.29, 0.717) is 5.92 Å². The van der Waals surface area contributed by atoms with Crippen molar-refractivity contribution in [2.45, 2.75) is 40.5 Å². The van der Waals surface area contributed by atoms with Crippen LogP contribution < -0.4 is 0 Å². The van der Waals surface area contributed by atoms with Gasteiger partial charge in [-0.25, -0.2) is 0 Å². The molecule has 0 radical (unpaired) electrons. The SMILES string of the molecule is CC.CC(C)c1ccncc1.Cc1ccn[nH]1. The largest absolute Gasteiger partial charge is 0.283 e. The topological polar surface area (TPSA) is 41.6 Å². The Morgan fingerprint density at radius 2 is 1.59 bits per heavy atom. The second kappa shape index (κ2) is 9.58. The molecule has 0 amide bonds. The van der Waals surface area contributed by atoms with E-state index in [1.54, 1.807) is 6.20 Å². The quantitative estimate of drug-likeness (QED) is 0.810. The van der Waals surface area contributed by atoms with Crippen LogP contribution in [0.4, 0.5) is 0 Å². The van der Waals surface area contributed by atoms with E-state index >= 15 is 0 Å². The van der Waals surface area contributed by atoms with E-state index in [0.717, 1.165) is 5.69 Å². The van der Waals surface area contributed by atoms with Gasteiger partial charge in [-0.3, -0.25) is 10.1 Å². The Labute approximate surface area is 104 Å². The highest BCUT2D eigenvalue weighted by atomic mass is 15.1. The number of aromatic amines is 1. The minimum Gasteiger partial charge on any atom is -0.283 e. The number of nitrogens with zero attached hydrogens (tertiary/aromatic N) is 2. The molecule has 94 valence electrons. The van der Waals surface area contributed by atoms with Crippen LogP contribution in [0.15, 0.2) is 36.8 Å². The van der Waals surface area contributed by atoms with Crippen molar-refractivity contribution < 1.29 is 0 Å². The number of hydrogen-bond acceptors (Lipinski definition) is 2. The van der Waals surface area contributed by atoms with Gasteiger partial charge in [0.25, 0.3) is 0 Å². The fourth-order valence-corrected chi connectivity index (χ4v) is 1.07. The zero-order valence-corrected chi connectivity index (χ0v) is 11.4. The van der Waals surface area contributed by atoms with Crippen LogP contribution in [0.25, 0.3) is 0 Å². The van der Waals surface area contributed by atoms with Gasteiger partial charge in [0.2, 0.25) is 0 Å². The van der Waals surface area contributed by atoms with Crippen molar-refractivity contribution in [2.75, 3.05) is 0 Å². The Bertz CT molecular complexity index is 352. The van der Waals surface area contributed by atoms with Crippen molar-refractivity contribution in [3.63, 3.8) is 0 Å². The summed E-state index contributed by atoms with van der Waals surface area (Å²) in [6.45, 7) is 10.3. The standard InChI is InChI=1S/C8H11N.C4H6N2.C2H6/c1-7(2)8-3-5-9-6-4-8;1-4-2-3-5-6-4;1-2/h3-7H,1-2H3;2-3H,1H3,(H,5,6);1-2H3. The van der Waals surface area contributed by atoms with Crippen molar-refractivity contribution in [3.05, 3.63) is 48.0 Å². The van der Waals surface area contributed by atoms with Crippen LogP contribution in [-0.4, -0.2) is 15.2 Å². The van der Waals surface area contributed by atoms with Crippen molar-refractivity contribution in [1.82, 2.24) is 15.2 Å². The number of H-pyrrole nitrogens is 1. The molecule has 0 atom stereocenters. The van der Waals surface area contributed by atoms with Gasteiger partial charge in [-0.1, -0.05) is 27.7 Å².